The molecule has 0 unspecified atom stereocenters. The van der Waals surface area contributed by atoms with Crippen molar-refractivity contribution in [2.24, 2.45) is 0 Å². The van der Waals surface area contributed by atoms with Crippen LogP contribution in [0.2, 0.25) is 0 Å². The maximum atomic E-state index is 8.49. The highest BCUT2D eigenvalue weighted by Crippen LogP contribution is 2.30. The Bertz CT molecular complexity index is 618. The molecule has 0 aromatic heterocycles. The molecule has 3 rings (SSSR count). The molecule has 0 amide bonds. The van der Waals surface area contributed by atoms with Crippen LogP contribution in [0.3, 0.4) is 0 Å². The maximum absolute atomic E-state index is 8.49. The number of hydrogen-bond donors (Lipinski definition) is 0. The molecule has 0 N–H and O–H groups in total. The summed E-state index contributed by atoms with van der Waals surface area (Å²) in [5.74, 6) is 0. The molecule has 0 saturated carbocycles. The van der Waals surface area contributed by atoms with Crippen LogP contribution in [0.25, 0.3) is 0 Å². The first-order valence-electron chi connectivity index (χ1n) is 6.96. The summed E-state index contributed by atoms with van der Waals surface area (Å²) < 4.78 is 34.0. The highest BCUT2D eigenvalue weighted by Gasteiger charge is 2.27. The SMILES string of the molecule is [O-][Cl+3]([O-])([O-])[O-].c1ccc([S+](c2ccccc2)c2ccccc2)cc1. The van der Waals surface area contributed by atoms with E-state index in [0.29, 0.717) is 0 Å². The summed E-state index contributed by atoms with van der Waals surface area (Å²) in [6.07, 6.45) is 0. The Hall–Kier alpha value is -1.86. The highest BCUT2D eigenvalue weighted by atomic mass is 35.7. The van der Waals surface area contributed by atoms with Crippen molar-refractivity contribution in [2.75, 3.05) is 0 Å². The van der Waals surface area contributed by atoms with Crippen molar-refractivity contribution >= 4 is 10.9 Å². The van der Waals surface area contributed by atoms with Gasteiger partial charge in [-0.1, -0.05) is 54.6 Å². The Labute approximate surface area is 145 Å². The molecule has 0 atom stereocenters. The second kappa shape index (κ2) is 8.84. The molecular weight excluding hydrogens is 348 g/mol. The number of hydrogen-bond acceptors (Lipinski definition) is 4. The fourth-order valence-corrected chi connectivity index (χ4v) is 4.18. The fraction of sp³-hybridized carbons (Fsp3) is 0. The number of halogens is 1. The molecule has 0 bridgehead atoms. The molecule has 0 spiro atoms. The number of rotatable bonds is 3. The van der Waals surface area contributed by atoms with Crippen molar-refractivity contribution in [3.05, 3.63) is 91.0 Å². The largest absolute Gasteiger partial charge is 0.222 e. The smallest absolute Gasteiger partial charge is 0.166 e. The zero-order valence-corrected chi connectivity index (χ0v) is 14.2. The fourth-order valence-electron chi connectivity index (χ4n) is 2.08. The van der Waals surface area contributed by atoms with Crippen LogP contribution in [0.5, 0.6) is 0 Å². The predicted octanol–water partition coefficient (Wildman–Crippen LogP) is 0.0260. The molecule has 3 aromatic rings. The van der Waals surface area contributed by atoms with Gasteiger partial charge < -0.3 is 0 Å². The van der Waals surface area contributed by atoms with Gasteiger partial charge in [-0.2, -0.15) is 0 Å². The molecule has 0 aliphatic rings. The van der Waals surface area contributed by atoms with Crippen LogP contribution < -0.4 is 18.6 Å². The quantitative estimate of drug-likeness (QED) is 0.614. The topological polar surface area (TPSA) is 92.2 Å². The second-order valence-corrected chi connectivity index (χ2v) is 7.41. The van der Waals surface area contributed by atoms with Gasteiger partial charge in [-0.15, -0.1) is 10.2 Å². The molecule has 0 aliphatic carbocycles. The van der Waals surface area contributed by atoms with Gasteiger partial charge in [0.25, 0.3) is 0 Å². The third-order valence-electron chi connectivity index (χ3n) is 2.94. The van der Waals surface area contributed by atoms with Crippen LogP contribution in [-0.4, -0.2) is 0 Å². The normalized spacial score (nSPS) is 10.9. The summed E-state index contributed by atoms with van der Waals surface area (Å²) in [6, 6.07) is 32.2. The lowest BCUT2D eigenvalue weighted by Crippen LogP contribution is -2.68. The molecule has 0 fully saturated rings. The van der Waals surface area contributed by atoms with E-state index in [4.69, 9.17) is 18.6 Å². The first-order valence-corrected chi connectivity index (χ1v) is 9.42. The minimum atomic E-state index is -4.94. The number of benzene rings is 3. The van der Waals surface area contributed by atoms with E-state index >= 15 is 0 Å². The molecule has 0 heterocycles. The lowest BCUT2D eigenvalue weighted by molar-refractivity contribution is -2.00. The third-order valence-corrected chi connectivity index (χ3v) is 5.17. The Morgan fingerprint density at radius 3 is 0.875 bits per heavy atom. The Morgan fingerprint density at radius 1 is 0.458 bits per heavy atom. The van der Waals surface area contributed by atoms with Crippen LogP contribution in [-0.2, 0) is 10.9 Å². The molecule has 3 aromatic carbocycles. The highest BCUT2D eigenvalue weighted by molar-refractivity contribution is 7.97. The van der Waals surface area contributed by atoms with Gasteiger partial charge >= 0.3 is 0 Å². The van der Waals surface area contributed by atoms with Gasteiger partial charge in [-0.3, -0.25) is 0 Å². The minimum absolute atomic E-state index is 0.0146. The van der Waals surface area contributed by atoms with Crippen molar-refractivity contribution in [2.45, 2.75) is 14.7 Å². The standard InChI is InChI=1S/C18H15S.ClHO4/c1-4-10-16(11-5-1)19(17-12-6-2-7-13-17)18-14-8-3-9-15-18;2-1(3,4)5/h1-15H;(H,2,3,4,5)/q+1;/p-1. The molecule has 0 radical (unpaired) electrons. The average Bonchev–Trinajstić information content (AvgIpc) is 2.57. The second-order valence-electron chi connectivity index (χ2n) is 4.62. The van der Waals surface area contributed by atoms with E-state index in [1.807, 2.05) is 0 Å². The third kappa shape index (κ3) is 6.33. The first kappa shape index (κ1) is 18.5. The van der Waals surface area contributed by atoms with Gasteiger partial charge in [-0.05, 0) is 36.4 Å². The van der Waals surface area contributed by atoms with E-state index < -0.39 is 10.2 Å². The van der Waals surface area contributed by atoms with Crippen LogP contribution in [0.1, 0.15) is 0 Å². The monoisotopic (exact) mass is 362 g/mol. The van der Waals surface area contributed by atoms with E-state index in [9.17, 15) is 0 Å². The Balaban J connectivity index is 0.000000368. The van der Waals surface area contributed by atoms with Crippen molar-refractivity contribution in [1.29, 1.82) is 0 Å². The molecule has 124 valence electrons. The summed E-state index contributed by atoms with van der Waals surface area (Å²) >= 11 is 0. The molecule has 4 nitrogen and oxygen atoms in total. The van der Waals surface area contributed by atoms with Gasteiger partial charge in [0.05, 0.1) is 10.9 Å². The van der Waals surface area contributed by atoms with E-state index in [1.165, 1.54) is 14.7 Å². The van der Waals surface area contributed by atoms with E-state index in [2.05, 4.69) is 91.0 Å². The van der Waals surface area contributed by atoms with Gasteiger partial charge in [0.2, 0.25) is 0 Å². The van der Waals surface area contributed by atoms with E-state index in [-0.39, 0.29) is 10.9 Å². The maximum Gasteiger partial charge on any atom is 0.166 e. The van der Waals surface area contributed by atoms with Crippen LogP contribution in [0.15, 0.2) is 106 Å². The van der Waals surface area contributed by atoms with Gasteiger partial charge in [-0.25, -0.2) is 18.6 Å². The summed E-state index contributed by atoms with van der Waals surface area (Å²) in [7, 11) is -4.96. The zero-order chi connectivity index (χ0) is 17.4. The molecule has 6 heteroatoms. The summed E-state index contributed by atoms with van der Waals surface area (Å²) in [4.78, 5) is 4.08. The summed E-state index contributed by atoms with van der Waals surface area (Å²) in [5, 5.41) is 0. The van der Waals surface area contributed by atoms with Gasteiger partial charge in [0, 0.05) is 0 Å². The van der Waals surface area contributed by atoms with Crippen LogP contribution in [0, 0.1) is 10.2 Å². The zero-order valence-electron chi connectivity index (χ0n) is 12.6. The Kier molecular flexibility index (Phi) is 6.81. The lowest BCUT2D eigenvalue weighted by atomic mass is 10.4. The molecule has 0 saturated heterocycles. The van der Waals surface area contributed by atoms with Crippen LogP contribution >= 0.6 is 0 Å². The summed E-state index contributed by atoms with van der Waals surface area (Å²) in [5.41, 5.74) is 0. The van der Waals surface area contributed by atoms with Crippen molar-refractivity contribution in [1.82, 2.24) is 0 Å². The van der Waals surface area contributed by atoms with Crippen molar-refractivity contribution < 1.29 is 28.9 Å². The van der Waals surface area contributed by atoms with E-state index in [1.54, 1.807) is 0 Å². The lowest BCUT2D eigenvalue weighted by Gasteiger charge is -2.17. The predicted molar refractivity (Wildman–Crippen MR) is 81.5 cm³/mol. The minimum Gasteiger partial charge on any atom is -0.222 e. The van der Waals surface area contributed by atoms with Gasteiger partial charge in [0.1, 0.15) is 0 Å². The average molecular weight is 363 g/mol. The summed E-state index contributed by atoms with van der Waals surface area (Å²) in [6.45, 7) is 0. The van der Waals surface area contributed by atoms with Crippen molar-refractivity contribution in [3.63, 3.8) is 0 Å². The molecule has 0 aliphatic heterocycles. The van der Waals surface area contributed by atoms with Gasteiger partial charge in [0.15, 0.2) is 14.7 Å². The van der Waals surface area contributed by atoms with E-state index in [0.717, 1.165) is 0 Å². The molecule has 24 heavy (non-hydrogen) atoms. The molecular formula is C18H15ClO4S. The van der Waals surface area contributed by atoms with Crippen LogP contribution in [0.4, 0.5) is 0 Å². The van der Waals surface area contributed by atoms with Crippen molar-refractivity contribution in [3.8, 4) is 0 Å². The Morgan fingerprint density at radius 2 is 0.667 bits per heavy atom. The first-order chi connectivity index (χ1) is 11.4.